The Bertz CT molecular complexity index is 1100. The van der Waals surface area contributed by atoms with Gasteiger partial charge < -0.3 is 4.90 Å². The van der Waals surface area contributed by atoms with E-state index in [0.717, 1.165) is 16.9 Å². The Morgan fingerprint density at radius 3 is 2.53 bits per heavy atom. The van der Waals surface area contributed by atoms with E-state index in [1.54, 1.807) is 13.1 Å². The Kier molecular flexibility index (Phi) is 5.41. The lowest BCUT2D eigenvalue weighted by molar-refractivity contribution is -0.384. The second kappa shape index (κ2) is 8.07. The van der Waals surface area contributed by atoms with Gasteiger partial charge >= 0.3 is 6.03 Å². The molecule has 0 bridgehead atoms. The SMILES string of the molecule is CCCCN1C(=O)NC(=O)C2(Cc3cc([N+](=O)[O-])ccc3N(C)C2c2ccccc2)C1=O. The lowest BCUT2D eigenvalue weighted by Gasteiger charge is -2.51. The molecule has 32 heavy (non-hydrogen) atoms. The van der Waals surface area contributed by atoms with Gasteiger partial charge in [-0.1, -0.05) is 43.7 Å². The molecule has 2 aromatic carbocycles. The number of amides is 4. The Morgan fingerprint density at radius 2 is 1.88 bits per heavy atom. The number of unbranched alkanes of at least 4 members (excludes halogenated alkanes) is 1. The molecule has 1 spiro atoms. The average Bonchev–Trinajstić information content (AvgIpc) is 2.78. The lowest BCUT2D eigenvalue weighted by Crippen LogP contribution is -2.69. The van der Waals surface area contributed by atoms with Crippen molar-refractivity contribution in [2.75, 3.05) is 18.5 Å². The average molecular weight is 436 g/mol. The van der Waals surface area contributed by atoms with Crippen LogP contribution in [0.2, 0.25) is 0 Å². The van der Waals surface area contributed by atoms with E-state index in [-0.39, 0.29) is 18.7 Å². The Labute approximate surface area is 185 Å². The smallest absolute Gasteiger partial charge is 0.330 e. The molecule has 0 aliphatic carbocycles. The zero-order valence-electron chi connectivity index (χ0n) is 17.9. The number of carbonyl (C=O) groups is 3. The highest BCUT2D eigenvalue weighted by atomic mass is 16.6. The first-order chi connectivity index (χ1) is 15.3. The van der Waals surface area contributed by atoms with E-state index in [2.05, 4.69) is 5.32 Å². The molecule has 2 unspecified atom stereocenters. The largest absolute Gasteiger partial charge is 0.366 e. The number of nitrogens with one attached hydrogen (secondary N) is 1. The number of non-ortho nitro benzene ring substituents is 1. The maximum atomic E-state index is 13.9. The van der Waals surface area contributed by atoms with Crippen LogP contribution in [0.25, 0.3) is 0 Å². The number of nitro groups is 1. The zero-order valence-corrected chi connectivity index (χ0v) is 17.9. The normalized spacial score (nSPS) is 22.7. The summed E-state index contributed by atoms with van der Waals surface area (Å²) in [7, 11) is 1.76. The van der Waals surface area contributed by atoms with Crippen LogP contribution in [0.5, 0.6) is 0 Å². The van der Waals surface area contributed by atoms with Gasteiger partial charge in [-0.2, -0.15) is 0 Å². The molecule has 0 saturated carbocycles. The maximum Gasteiger partial charge on any atom is 0.330 e. The topological polar surface area (TPSA) is 113 Å². The minimum absolute atomic E-state index is 0.0471. The van der Waals surface area contributed by atoms with E-state index in [4.69, 9.17) is 0 Å². The first-order valence-corrected chi connectivity index (χ1v) is 10.5. The van der Waals surface area contributed by atoms with Crippen molar-refractivity contribution in [2.45, 2.75) is 32.2 Å². The van der Waals surface area contributed by atoms with Gasteiger partial charge in [0.05, 0.1) is 11.0 Å². The van der Waals surface area contributed by atoms with E-state index in [9.17, 15) is 24.5 Å². The highest BCUT2D eigenvalue weighted by Gasteiger charge is 2.62. The molecule has 0 aromatic heterocycles. The fourth-order valence-electron chi connectivity index (χ4n) is 4.80. The van der Waals surface area contributed by atoms with Crippen molar-refractivity contribution < 1.29 is 19.3 Å². The van der Waals surface area contributed by atoms with Crippen LogP contribution in [0.1, 0.15) is 36.9 Å². The van der Waals surface area contributed by atoms with E-state index in [1.165, 1.54) is 12.1 Å². The number of anilines is 1. The molecule has 2 aliphatic rings. The third-order valence-electron chi connectivity index (χ3n) is 6.33. The molecule has 9 heteroatoms. The molecule has 1 N–H and O–H groups in total. The van der Waals surface area contributed by atoms with E-state index in [0.29, 0.717) is 17.7 Å². The van der Waals surface area contributed by atoms with Crippen LogP contribution >= 0.6 is 0 Å². The number of nitro benzene ring substituents is 1. The summed E-state index contributed by atoms with van der Waals surface area (Å²) in [5.74, 6) is -1.25. The van der Waals surface area contributed by atoms with Crippen LogP contribution in [-0.2, 0) is 16.0 Å². The van der Waals surface area contributed by atoms with Crippen LogP contribution < -0.4 is 10.2 Å². The first kappa shape index (κ1) is 21.5. The van der Waals surface area contributed by atoms with Crippen LogP contribution in [0.4, 0.5) is 16.2 Å². The van der Waals surface area contributed by atoms with E-state index in [1.807, 2.05) is 42.2 Å². The van der Waals surface area contributed by atoms with Crippen molar-refractivity contribution in [3.05, 3.63) is 69.8 Å². The number of barbiturate groups is 1. The van der Waals surface area contributed by atoms with Gasteiger partial charge in [0.2, 0.25) is 11.8 Å². The molecule has 4 amide bonds. The number of fused-ring (bicyclic) bond motifs is 1. The van der Waals surface area contributed by atoms with E-state index < -0.39 is 34.2 Å². The van der Waals surface area contributed by atoms with Gasteiger partial charge in [-0.05, 0) is 23.6 Å². The van der Waals surface area contributed by atoms with Gasteiger partial charge in [0.1, 0.15) is 0 Å². The zero-order chi connectivity index (χ0) is 23.0. The number of hydrogen-bond donors (Lipinski definition) is 1. The molecular formula is C23H24N4O5. The summed E-state index contributed by atoms with van der Waals surface area (Å²) >= 11 is 0. The molecule has 166 valence electrons. The summed E-state index contributed by atoms with van der Waals surface area (Å²) in [6.45, 7) is 2.15. The Balaban J connectivity index is 1.93. The molecule has 2 aromatic rings. The summed E-state index contributed by atoms with van der Waals surface area (Å²) in [4.78, 5) is 53.6. The molecule has 1 fully saturated rings. The molecule has 1 saturated heterocycles. The number of rotatable bonds is 5. The lowest BCUT2D eigenvalue weighted by atomic mass is 9.66. The van der Waals surface area contributed by atoms with Gasteiger partial charge in [0, 0.05) is 37.8 Å². The number of hydrogen-bond acceptors (Lipinski definition) is 6. The fraction of sp³-hybridized carbons (Fsp3) is 0.348. The van der Waals surface area contributed by atoms with Crippen molar-refractivity contribution in [1.29, 1.82) is 0 Å². The van der Waals surface area contributed by atoms with Crippen LogP contribution in [0, 0.1) is 15.5 Å². The third-order valence-corrected chi connectivity index (χ3v) is 6.33. The summed E-state index contributed by atoms with van der Waals surface area (Å²) in [5.41, 5.74) is 0.204. The Morgan fingerprint density at radius 1 is 1.16 bits per heavy atom. The highest BCUT2D eigenvalue weighted by molar-refractivity contribution is 6.20. The number of carbonyl (C=O) groups excluding carboxylic acids is 3. The van der Waals surface area contributed by atoms with Gasteiger partial charge in [-0.25, -0.2) is 4.79 Å². The summed E-state index contributed by atoms with van der Waals surface area (Å²) in [6.07, 6.45) is 1.33. The number of benzene rings is 2. The van der Waals surface area contributed by atoms with E-state index >= 15 is 0 Å². The predicted octanol–water partition coefficient (Wildman–Crippen LogP) is 3.19. The molecular weight excluding hydrogens is 412 g/mol. The molecule has 9 nitrogen and oxygen atoms in total. The van der Waals surface area contributed by atoms with Crippen molar-refractivity contribution in [3.63, 3.8) is 0 Å². The van der Waals surface area contributed by atoms with Gasteiger partial charge in [0.15, 0.2) is 5.41 Å². The van der Waals surface area contributed by atoms with Crippen LogP contribution in [-0.4, -0.2) is 41.3 Å². The van der Waals surface area contributed by atoms with Gasteiger partial charge in [-0.3, -0.25) is 29.9 Å². The number of nitrogens with zero attached hydrogens (tertiary/aromatic N) is 3. The van der Waals surface area contributed by atoms with Crippen molar-refractivity contribution in [3.8, 4) is 0 Å². The minimum Gasteiger partial charge on any atom is -0.366 e. The minimum atomic E-state index is -1.64. The summed E-state index contributed by atoms with van der Waals surface area (Å²) in [6, 6.07) is 12.2. The Hall–Kier alpha value is -3.75. The highest BCUT2D eigenvalue weighted by Crippen LogP contribution is 2.51. The first-order valence-electron chi connectivity index (χ1n) is 10.5. The predicted molar refractivity (Wildman–Crippen MR) is 117 cm³/mol. The second-order valence-corrected chi connectivity index (χ2v) is 8.21. The van der Waals surface area contributed by atoms with Crippen LogP contribution in [0.3, 0.4) is 0 Å². The van der Waals surface area contributed by atoms with Crippen molar-refractivity contribution in [2.24, 2.45) is 5.41 Å². The molecule has 2 aliphatic heterocycles. The molecule has 0 radical (unpaired) electrons. The molecule has 2 atom stereocenters. The number of urea groups is 1. The monoisotopic (exact) mass is 436 g/mol. The maximum absolute atomic E-state index is 13.9. The van der Waals surface area contributed by atoms with Crippen molar-refractivity contribution >= 4 is 29.2 Å². The fourth-order valence-corrected chi connectivity index (χ4v) is 4.80. The van der Waals surface area contributed by atoms with Gasteiger partial charge in [-0.15, -0.1) is 0 Å². The molecule has 4 rings (SSSR count). The third kappa shape index (κ3) is 3.21. The number of imide groups is 2. The summed E-state index contributed by atoms with van der Waals surface area (Å²) in [5, 5.41) is 13.7. The quantitative estimate of drug-likeness (QED) is 0.438. The van der Waals surface area contributed by atoms with Crippen molar-refractivity contribution in [1.82, 2.24) is 10.2 Å². The molecule has 2 heterocycles. The van der Waals surface area contributed by atoms with Gasteiger partial charge in [0.25, 0.3) is 5.69 Å². The second-order valence-electron chi connectivity index (χ2n) is 8.21. The van der Waals surface area contributed by atoms with Crippen LogP contribution in [0.15, 0.2) is 48.5 Å². The standard InChI is InChI=1S/C23H24N4O5/c1-3-4-12-26-21(29)23(20(28)24-22(26)30)14-16-13-17(27(31)32)10-11-18(16)25(2)19(23)15-8-6-5-7-9-15/h5-11,13,19H,3-4,12,14H2,1-2H3,(H,24,28,30). The summed E-state index contributed by atoms with van der Waals surface area (Å²) < 4.78 is 0.